The van der Waals surface area contributed by atoms with Gasteiger partial charge in [-0.3, -0.25) is 9.59 Å². The lowest BCUT2D eigenvalue weighted by Gasteiger charge is -2.40. The summed E-state index contributed by atoms with van der Waals surface area (Å²) < 4.78 is 13.0. The second kappa shape index (κ2) is 10.1. The van der Waals surface area contributed by atoms with E-state index in [0.29, 0.717) is 30.1 Å². The first-order valence-electron chi connectivity index (χ1n) is 11.4. The lowest BCUT2D eigenvalue weighted by molar-refractivity contribution is 0.0306. The van der Waals surface area contributed by atoms with E-state index in [2.05, 4.69) is 41.4 Å². The van der Waals surface area contributed by atoms with Crippen molar-refractivity contribution < 1.29 is 14.3 Å². The number of carbonyl (C=O) groups is 1. The minimum atomic E-state index is -0.339. The van der Waals surface area contributed by atoms with E-state index in [0.717, 1.165) is 10.6 Å². The van der Waals surface area contributed by atoms with Gasteiger partial charge < -0.3 is 18.9 Å². The Hall–Kier alpha value is -3.04. The minimum Gasteiger partial charge on any atom is -0.488 e. The van der Waals surface area contributed by atoms with Crippen LogP contribution < -0.4 is 10.2 Å². The van der Waals surface area contributed by atoms with Gasteiger partial charge in [-0.05, 0) is 33.3 Å². The summed E-state index contributed by atoms with van der Waals surface area (Å²) >= 11 is 1.38. The van der Waals surface area contributed by atoms with E-state index < -0.39 is 0 Å². The van der Waals surface area contributed by atoms with Crippen molar-refractivity contribution in [2.24, 2.45) is 0 Å². The number of hydrogen-bond donors (Lipinski definition) is 0. The summed E-state index contributed by atoms with van der Waals surface area (Å²) in [6.45, 7) is 8.93. The number of nitrogens with zero attached hydrogens (tertiary/aromatic N) is 4. The molecular formula is C25H30N4O4S. The molecule has 1 aromatic carbocycles. The molecule has 0 spiro atoms. The zero-order valence-corrected chi connectivity index (χ0v) is 21.0. The first-order valence-corrected chi connectivity index (χ1v) is 12.3. The molecule has 0 saturated heterocycles. The summed E-state index contributed by atoms with van der Waals surface area (Å²) in [4.78, 5) is 28.7. The number of carbonyl (C=O) groups excluding carboxylic acids is 1. The van der Waals surface area contributed by atoms with Crippen LogP contribution in [-0.2, 0) is 17.7 Å². The SMILES string of the molecule is CCOc1c2n(cc(-c3nnc(Cc4ccc(C)cc4)s3)c1=O)C[C@@H](COC)N(C(C)C)C2=O. The Labute approximate surface area is 203 Å². The second-order valence-corrected chi connectivity index (χ2v) is 9.78. The highest BCUT2D eigenvalue weighted by molar-refractivity contribution is 7.14. The number of aromatic nitrogens is 3. The third-order valence-corrected chi connectivity index (χ3v) is 6.81. The molecule has 3 heterocycles. The van der Waals surface area contributed by atoms with Gasteiger partial charge in [0.25, 0.3) is 5.91 Å². The summed E-state index contributed by atoms with van der Waals surface area (Å²) in [5.74, 6) is -0.158. The highest BCUT2D eigenvalue weighted by Gasteiger charge is 2.37. The van der Waals surface area contributed by atoms with Crippen molar-refractivity contribution in [3.63, 3.8) is 0 Å². The van der Waals surface area contributed by atoms with Gasteiger partial charge in [0.1, 0.15) is 5.01 Å². The predicted octanol–water partition coefficient (Wildman–Crippen LogP) is 3.54. The van der Waals surface area contributed by atoms with E-state index in [1.54, 1.807) is 25.1 Å². The molecular weight excluding hydrogens is 452 g/mol. The molecule has 0 aliphatic carbocycles. The fourth-order valence-electron chi connectivity index (χ4n) is 4.33. The lowest BCUT2D eigenvalue weighted by atomic mass is 10.1. The molecule has 1 amide bonds. The molecule has 1 aliphatic heterocycles. The maximum Gasteiger partial charge on any atom is 0.275 e. The Bertz CT molecular complexity index is 1230. The quantitative estimate of drug-likeness (QED) is 0.488. The molecule has 0 bridgehead atoms. The maximum absolute atomic E-state index is 13.5. The number of fused-ring (bicyclic) bond motifs is 1. The van der Waals surface area contributed by atoms with Gasteiger partial charge >= 0.3 is 0 Å². The molecule has 4 rings (SSSR count). The fraction of sp³-hybridized carbons (Fsp3) is 0.440. The first kappa shape index (κ1) is 24.1. The number of rotatable bonds is 8. The monoisotopic (exact) mass is 482 g/mol. The summed E-state index contributed by atoms with van der Waals surface area (Å²) in [5, 5.41) is 9.96. The van der Waals surface area contributed by atoms with Crippen molar-refractivity contribution in [3.05, 3.63) is 62.5 Å². The standard InChI is InChI=1S/C25H30N4O4S/c1-6-33-23-21-25(31)29(15(2)3)18(14-32-5)12-28(21)13-19(22(23)30)24-27-26-20(34-24)11-17-9-7-16(4)8-10-17/h7-10,13,15,18H,6,11-12,14H2,1-5H3/t18-/m0/s1. The average molecular weight is 483 g/mol. The van der Waals surface area contributed by atoms with Gasteiger partial charge in [-0.25, -0.2) is 0 Å². The molecule has 180 valence electrons. The molecule has 0 unspecified atom stereocenters. The van der Waals surface area contributed by atoms with Crippen LogP contribution in [0.15, 0.2) is 35.3 Å². The van der Waals surface area contributed by atoms with Crippen LogP contribution in [0.3, 0.4) is 0 Å². The van der Waals surface area contributed by atoms with E-state index in [4.69, 9.17) is 9.47 Å². The molecule has 8 nitrogen and oxygen atoms in total. The van der Waals surface area contributed by atoms with Gasteiger partial charge in [0.15, 0.2) is 16.5 Å². The number of ether oxygens (including phenoxy) is 2. The second-order valence-electron chi connectivity index (χ2n) is 8.71. The molecule has 3 aromatic rings. The fourth-order valence-corrected chi connectivity index (χ4v) is 5.21. The average Bonchev–Trinajstić information content (AvgIpc) is 3.25. The molecule has 2 aromatic heterocycles. The third-order valence-electron chi connectivity index (χ3n) is 5.85. The van der Waals surface area contributed by atoms with Crippen LogP contribution in [-0.4, -0.2) is 58.0 Å². The van der Waals surface area contributed by atoms with Crippen molar-refractivity contribution in [3.8, 4) is 16.3 Å². The Kier molecular flexibility index (Phi) is 7.13. The minimum absolute atomic E-state index is 0.0434. The van der Waals surface area contributed by atoms with Crippen molar-refractivity contribution in [1.82, 2.24) is 19.7 Å². The predicted molar refractivity (Wildman–Crippen MR) is 132 cm³/mol. The molecule has 1 aliphatic rings. The Balaban J connectivity index is 1.76. The lowest BCUT2D eigenvalue weighted by Crippen LogP contribution is -2.54. The molecule has 0 saturated carbocycles. The van der Waals surface area contributed by atoms with Gasteiger partial charge in [-0.1, -0.05) is 41.2 Å². The van der Waals surface area contributed by atoms with Crippen LogP contribution in [0.1, 0.15) is 47.4 Å². The number of pyridine rings is 1. The third kappa shape index (κ3) is 4.63. The zero-order chi connectivity index (χ0) is 24.4. The Morgan fingerprint density at radius 2 is 1.91 bits per heavy atom. The molecule has 0 radical (unpaired) electrons. The van der Waals surface area contributed by atoms with Gasteiger partial charge in [0.2, 0.25) is 5.43 Å². The molecule has 0 N–H and O–H groups in total. The van der Waals surface area contributed by atoms with E-state index in [1.807, 2.05) is 18.4 Å². The van der Waals surface area contributed by atoms with Crippen LogP contribution in [0.5, 0.6) is 5.75 Å². The first-order chi connectivity index (χ1) is 16.3. The highest BCUT2D eigenvalue weighted by Crippen LogP contribution is 2.30. The normalized spacial score (nSPS) is 15.6. The zero-order valence-electron chi connectivity index (χ0n) is 20.2. The smallest absolute Gasteiger partial charge is 0.275 e. The molecule has 0 fully saturated rings. The van der Waals surface area contributed by atoms with Crippen LogP contribution >= 0.6 is 11.3 Å². The van der Waals surface area contributed by atoms with E-state index in [-0.39, 0.29) is 41.5 Å². The number of aryl methyl sites for hydroxylation is 1. The summed E-state index contributed by atoms with van der Waals surface area (Å²) in [6, 6.07) is 8.07. The van der Waals surface area contributed by atoms with E-state index in [1.165, 1.54) is 16.9 Å². The Morgan fingerprint density at radius 3 is 2.56 bits per heavy atom. The van der Waals surface area contributed by atoms with Crippen LogP contribution in [0.4, 0.5) is 0 Å². The number of benzene rings is 1. The maximum atomic E-state index is 13.5. The van der Waals surface area contributed by atoms with Crippen molar-refractivity contribution in [2.75, 3.05) is 20.3 Å². The van der Waals surface area contributed by atoms with Crippen LogP contribution in [0, 0.1) is 6.92 Å². The van der Waals surface area contributed by atoms with Crippen molar-refractivity contribution in [2.45, 2.75) is 52.7 Å². The largest absolute Gasteiger partial charge is 0.488 e. The van der Waals surface area contributed by atoms with E-state index >= 15 is 0 Å². The topological polar surface area (TPSA) is 86.5 Å². The molecule has 34 heavy (non-hydrogen) atoms. The van der Waals surface area contributed by atoms with Gasteiger partial charge in [-0.15, -0.1) is 10.2 Å². The number of hydrogen-bond acceptors (Lipinski definition) is 7. The van der Waals surface area contributed by atoms with Gasteiger partial charge in [-0.2, -0.15) is 0 Å². The summed E-state index contributed by atoms with van der Waals surface area (Å²) in [5.41, 5.74) is 2.66. The van der Waals surface area contributed by atoms with Crippen molar-refractivity contribution >= 4 is 17.2 Å². The number of amides is 1. The van der Waals surface area contributed by atoms with E-state index in [9.17, 15) is 9.59 Å². The molecule has 1 atom stereocenters. The summed E-state index contributed by atoms with van der Waals surface area (Å²) in [6.07, 6.45) is 2.36. The highest BCUT2D eigenvalue weighted by atomic mass is 32.1. The van der Waals surface area contributed by atoms with Crippen LogP contribution in [0.25, 0.3) is 10.6 Å². The van der Waals surface area contributed by atoms with Gasteiger partial charge in [0, 0.05) is 32.3 Å². The van der Waals surface area contributed by atoms with Crippen molar-refractivity contribution in [1.29, 1.82) is 0 Å². The van der Waals surface area contributed by atoms with Gasteiger partial charge in [0.05, 0.1) is 24.8 Å². The van der Waals surface area contributed by atoms with Crippen LogP contribution in [0.2, 0.25) is 0 Å². The Morgan fingerprint density at radius 1 is 1.18 bits per heavy atom. The number of methoxy groups -OCH3 is 1. The summed E-state index contributed by atoms with van der Waals surface area (Å²) in [7, 11) is 1.62. The molecule has 9 heteroatoms.